The Labute approximate surface area is 206 Å². The van der Waals surface area contributed by atoms with E-state index >= 15 is 0 Å². The number of carbonyl (C=O) groups excluding carboxylic acids is 1. The number of nitrogens with one attached hydrogen (secondary N) is 1. The van der Waals surface area contributed by atoms with Gasteiger partial charge in [0.05, 0.1) is 15.9 Å². The van der Waals surface area contributed by atoms with E-state index in [4.69, 9.17) is 4.74 Å². The van der Waals surface area contributed by atoms with E-state index in [0.717, 1.165) is 15.2 Å². The van der Waals surface area contributed by atoms with E-state index in [2.05, 4.69) is 20.4 Å². The van der Waals surface area contributed by atoms with E-state index in [1.165, 1.54) is 39.3 Å². The number of aromatic nitrogens is 4. The highest BCUT2D eigenvalue weighted by Crippen LogP contribution is 2.26. The van der Waals surface area contributed by atoms with Crippen LogP contribution >= 0.6 is 22.7 Å². The van der Waals surface area contributed by atoms with Crippen LogP contribution < -0.4 is 15.6 Å². The SMILES string of the molecule is Cc1nn2c(=O)cc(COc3ccc(C=C(C#N)C(=O)Nc4nc5ccccc5s4)cc3)nc2s1. The standard InChI is InChI=1S/C24H16N6O3S2/c1-14-29-30-21(31)11-17(26-24(30)34-14)13-33-18-8-6-15(7-9-18)10-16(12-25)22(32)28-23-27-19-4-2-3-5-20(19)35-23/h2-11H,13H2,1H3,(H,27,28,32). The molecule has 0 bridgehead atoms. The van der Waals surface area contributed by atoms with Crippen molar-refractivity contribution in [2.75, 3.05) is 5.32 Å². The zero-order valence-electron chi connectivity index (χ0n) is 18.3. The number of anilines is 1. The number of hydrogen-bond acceptors (Lipinski definition) is 9. The Morgan fingerprint density at radius 2 is 1.97 bits per heavy atom. The molecule has 0 aliphatic rings. The first-order valence-corrected chi connectivity index (χ1v) is 12.0. The second-order valence-corrected chi connectivity index (χ2v) is 9.56. The Morgan fingerprint density at radius 3 is 2.74 bits per heavy atom. The summed E-state index contributed by atoms with van der Waals surface area (Å²) >= 11 is 2.67. The Hall–Kier alpha value is -4.40. The Morgan fingerprint density at radius 1 is 1.17 bits per heavy atom. The van der Waals surface area contributed by atoms with Crippen LogP contribution in [0.4, 0.5) is 5.13 Å². The average Bonchev–Trinajstić information content (AvgIpc) is 3.44. The van der Waals surface area contributed by atoms with Gasteiger partial charge in [-0.3, -0.25) is 14.9 Å². The molecule has 5 rings (SSSR count). The van der Waals surface area contributed by atoms with Gasteiger partial charge < -0.3 is 4.74 Å². The summed E-state index contributed by atoms with van der Waals surface area (Å²) in [6.45, 7) is 1.93. The van der Waals surface area contributed by atoms with E-state index < -0.39 is 5.91 Å². The Kier molecular flexibility index (Phi) is 6.05. The van der Waals surface area contributed by atoms with Gasteiger partial charge in [0, 0.05) is 6.07 Å². The molecule has 172 valence electrons. The number of rotatable bonds is 6. The summed E-state index contributed by atoms with van der Waals surface area (Å²) in [5, 5.41) is 17.5. The molecule has 35 heavy (non-hydrogen) atoms. The van der Waals surface area contributed by atoms with E-state index in [1.807, 2.05) is 37.3 Å². The van der Waals surface area contributed by atoms with Crippen LogP contribution in [0.3, 0.4) is 0 Å². The summed E-state index contributed by atoms with van der Waals surface area (Å²) in [5.74, 6) is 0.0278. The third-order valence-electron chi connectivity index (χ3n) is 4.86. The molecule has 0 radical (unpaired) electrons. The number of ether oxygens (including phenoxy) is 1. The van der Waals surface area contributed by atoms with E-state index in [0.29, 0.717) is 27.1 Å². The topological polar surface area (TPSA) is 122 Å². The largest absolute Gasteiger partial charge is 0.487 e. The lowest BCUT2D eigenvalue weighted by Crippen LogP contribution is -2.16. The number of hydrogen-bond donors (Lipinski definition) is 1. The first-order chi connectivity index (χ1) is 17.0. The number of nitrogens with zero attached hydrogens (tertiary/aromatic N) is 5. The maximum absolute atomic E-state index is 12.6. The van der Waals surface area contributed by atoms with Gasteiger partial charge in [0.25, 0.3) is 11.5 Å². The highest BCUT2D eigenvalue weighted by atomic mass is 32.1. The minimum Gasteiger partial charge on any atom is -0.487 e. The van der Waals surface area contributed by atoms with Crippen LogP contribution in [0.25, 0.3) is 21.3 Å². The third-order valence-corrected chi connectivity index (χ3v) is 6.63. The maximum atomic E-state index is 12.6. The molecule has 0 saturated carbocycles. The van der Waals surface area contributed by atoms with Crippen LogP contribution in [0, 0.1) is 18.3 Å². The molecule has 0 atom stereocenters. The molecule has 1 amide bonds. The molecule has 0 unspecified atom stereocenters. The highest BCUT2D eigenvalue weighted by molar-refractivity contribution is 7.22. The number of aryl methyl sites for hydroxylation is 1. The molecule has 0 saturated heterocycles. The highest BCUT2D eigenvalue weighted by Gasteiger charge is 2.13. The van der Waals surface area contributed by atoms with Gasteiger partial charge in [-0.15, -0.1) is 0 Å². The monoisotopic (exact) mass is 500 g/mol. The Bertz CT molecular complexity index is 1660. The second kappa shape index (κ2) is 9.46. The van der Waals surface area contributed by atoms with Gasteiger partial charge in [0.15, 0.2) is 5.13 Å². The van der Waals surface area contributed by atoms with Gasteiger partial charge in [0.1, 0.15) is 29.0 Å². The predicted molar refractivity (Wildman–Crippen MR) is 134 cm³/mol. The molecule has 3 heterocycles. The van der Waals surface area contributed by atoms with Crippen LogP contribution in [0.1, 0.15) is 16.3 Å². The molecule has 9 nitrogen and oxygen atoms in total. The number of thiazole rings is 1. The summed E-state index contributed by atoms with van der Waals surface area (Å²) in [7, 11) is 0. The van der Waals surface area contributed by atoms with Crippen molar-refractivity contribution < 1.29 is 9.53 Å². The zero-order chi connectivity index (χ0) is 24.4. The molecule has 11 heteroatoms. The lowest BCUT2D eigenvalue weighted by Gasteiger charge is -2.06. The normalized spacial score (nSPS) is 11.5. The van der Waals surface area contributed by atoms with Gasteiger partial charge in [-0.05, 0) is 42.8 Å². The number of para-hydroxylation sites is 1. The van der Waals surface area contributed by atoms with Gasteiger partial charge in [-0.1, -0.05) is 46.9 Å². The van der Waals surface area contributed by atoms with Crippen LogP contribution in [0.2, 0.25) is 0 Å². The molecular weight excluding hydrogens is 484 g/mol. The number of benzene rings is 2. The number of nitriles is 1. The van der Waals surface area contributed by atoms with Crippen molar-refractivity contribution in [3.63, 3.8) is 0 Å². The van der Waals surface area contributed by atoms with Crippen molar-refractivity contribution in [1.82, 2.24) is 19.6 Å². The zero-order valence-corrected chi connectivity index (χ0v) is 19.9. The molecule has 3 aromatic heterocycles. The fourth-order valence-electron chi connectivity index (χ4n) is 3.25. The quantitative estimate of drug-likeness (QED) is 0.274. The van der Waals surface area contributed by atoms with E-state index in [9.17, 15) is 14.9 Å². The fraction of sp³-hybridized carbons (Fsp3) is 0.0833. The fourth-order valence-corrected chi connectivity index (χ4v) is 4.88. The van der Waals surface area contributed by atoms with Gasteiger partial charge >= 0.3 is 0 Å². The summed E-state index contributed by atoms with van der Waals surface area (Å²) in [6.07, 6.45) is 1.50. The first kappa shape index (κ1) is 22.4. The lowest BCUT2D eigenvalue weighted by molar-refractivity contribution is -0.112. The van der Waals surface area contributed by atoms with Crippen molar-refractivity contribution >= 4 is 55.0 Å². The smallest absolute Gasteiger partial charge is 0.275 e. The van der Waals surface area contributed by atoms with Crippen molar-refractivity contribution in [2.45, 2.75) is 13.5 Å². The van der Waals surface area contributed by atoms with Gasteiger partial charge in [-0.25, -0.2) is 9.97 Å². The minimum absolute atomic E-state index is 0.0456. The van der Waals surface area contributed by atoms with Crippen molar-refractivity contribution in [3.8, 4) is 11.8 Å². The lowest BCUT2D eigenvalue weighted by atomic mass is 10.1. The summed E-state index contributed by atoms with van der Waals surface area (Å²) in [6, 6.07) is 17.8. The molecule has 1 N–H and O–H groups in total. The van der Waals surface area contributed by atoms with E-state index in [1.54, 1.807) is 24.3 Å². The van der Waals surface area contributed by atoms with Gasteiger partial charge in [-0.2, -0.15) is 14.9 Å². The van der Waals surface area contributed by atoms with Crippen LogP contribution in [-0.2, 0) is 11.4 Å². The maximum Gasteiger partial charge on any atom is 0.275 e. The summed E-state index contributed by atoms with van der Waals surface area (Å²) in [4.78, 5) is 34.0. The van der Waals surface area contributed by atoms with Crippen molar-refractivity contribution in [2.24, 2.45) is 0 Å². The summed E-state index contributed by atoms with van der Waals surface area (Å²) < 4.78 is 7.96. The molecule has 0 aliphatic heterocycles. The second-order valence-electron chi connectivity index (χ2n) is 7.37. The van der Waals surface area contributed by atoms with Crippen LogP contribution in [0.15, 0.2) is 65.0 Å². The molecule has 0 fully saturated rings. The molecular formula is C24H16N6O3S2. The van der Waals surface area contributed by atoms with Crippen molar-refractivity contribution in [1.29, 1.82) is 5.26 Å². The molecule has 5 aromatic rings. The first-order valence-electron chi connectivity index (χ1n) is 10.4. The van der Waals surface area contributed by atoms with Gasteiger partial charge in [0.2, 0.25) is 4.96 Å². The van der Waals surface area contributed by atoms with Crippen LogP contribution in [-0.4, -0.2) is 25.5 Å². The Balaban J connectivity index is 1.25. The predicted octanol–water partition coefficient (Wildman–Crippen LogP) is 4.19. The molecule has 2 aromatic carbocycles. The average molecular weight is 501 g/mol. The minimum atomic E-state index is -0.530. The van der Waals surface area contributed by atoms with Crippen LogP contribution in [0.5, 0.6) is 5.75 Å². The third kappa shape index (κ3) is 4.93. The number of fused-ring (bicyclic) bond motifs is 2. The molecule has 0 spiro atoms. The molecule has 0 aliphatic carbocycles. The summed E-state index contributed by atoms with van der Waals surface area (Å²) in [5.41, 5.74) is 1.64. The van der Waals surface area contributed by atoms with Crippen molar-refractivity contribution in [3.05, 3.63) is 86.8 Å². The number of carbonyl (C=O) groups is 1. The number of amides is 1. The van der Waals surface area contributed by atoms with E-state index in [-0.39, 0.29) is 17.7 Å².